The standard InChI is InChI=1S/C15H15N3O2S.C15H11N3O2.C7H5N/c1-15(2,3)20-14(19)8-12(18-7-6-17-10-18)13-5-4-11(9-16)21-13;16-9-11-1-3-12(4-2-11)14(18-7-6-17-10-18)13-5-8-20-15(13)19;8-6-7-4-2-1-3-5-7/h4-8,10H,1-3H3;1-4,6-7,10H,5,8H2;1-5H. The number of cyclic esters (lactones) is 1. The van der Waals surface area contributed by atoms with Crippen LogP contribution in [0.15, 0.2) is 116 Å². The predicted molar refractivity (Wildman–Crippen MR) is 183 cm³/mol. The lowest BCUT2D eigenvalue weighted by molar-refractivity contribution is -0.148. The van der Waals surface area contributed by atoms with Crippen LogP contribution in [0, 0.1) is 34.0 Å². The second kappa shape index (κ2) is 16.8. The molecule has 0 saturated carbocycles. The van der Waals surface area contributed by atoms with Gasteiger partial charge in [-0.15, -0.1) is 11.3 Å². The number of hydrogen-bond donors (Lipinski definition) is 0. The van der Waals surface area contributed by atoms with Crippen molar-refractivity contribution in [3.63, 3.8) is 0 Å². The molecule has 1 saturated heterocycles. The predicted octanol–water partition coefficient (Wildman–Crippen LogP) is 6.57. The molecule has 2 aromatic carbocycles. The number of imidazole rings is 2. The molecule has 4 heterocycles. The van der Waals surface area contributed by atoms with Crippen LogP contribution in [0.4, 0.5) is 0 Å². The van der Waals surface area contributed by atoms with Crippen molar-refractivity contribution in [1.29, 1.82) is 15.8 Å². The summed E-state index contributed by atoms with van der Waals surface area (Å²) in [4.78, 5) is 33.3. The molecule has 0 spiro atoms. The SMILES string of the molecule is CC(C)(C)OC(=O)C=C(c1ccc(C#N)s1)n1ccnc1.N#Cc1ccc(C(=C2CCOC2=O)n2ccnc2)cc1.N#Cc1ccccc1. The zero-order chi connectivity index (χ0) is 35.2. The molecule has 49 heavy (non-hydrogen) atoms. The van der Waals surface area contributed by atoms with Gasteiger partial charge in [0, 0.05) is 37.3 Å². The van der Waals surface area contributed by atoms with Crippen molar-refractivity contribution in [2.75, 3.05) is 6.61 Å². The van der Waals surface area contributed by atoms with Crippen LogP contribution < -0.4 is 0 Å². The normalized spacial score (nSPS) is 13.2. The summed E-state index contributed by atoms with van der Waals surface area (Å²) in [5.74, 6) is -0.726. The molecule has 3 aromatic heterocycles. The first-order valence-corrected chi connectivity index (χ1v) is 15.7. The number of carbonyl (C=O) groups excluding carboxylic acids is 2. The number of aromatic nitrogens is 4. The topological polar surface area (TPSA) is 160 Å². The Bertz CT molecular complexity index is 2050. The average Bonchev–Trinajstić information content (AvgIpc) is 3.94. The Kier molecular flexibility index (Phi) is 12.1. The van der Waals surface area contributed by atoms with E-state index >= 15 is 0 Å². The molecule has 0 aliphatic carbocycles. The maximum atomic E-state index is 12.0. The summed E-state index contributed by atoms with van der Waals surface area (Å²) in [5.41, 5.74) is 3.62. The zero-order valence-electron chi connectivity index (χ0n) is 27.0. The van der Waals surface area contributed by atoms with Gasteiger partial charge in [-0.1, -0.05) is 30.3 Å². The Morgan fingerprint density at radius 1 is 0.878 bits per heavy atom. The van der Waals surface area contributed by atoms with Gasteiger partial charge >= 0.3 is 11.9 Å². The maximum absolute atomic E-state index is 12.0. The number of thiophene rings is 1. The number of rotatable bonds is 5. The second-order valence-electron chi connectivity index (χ2n) is 11.2. The largest absolute Gasteiger partial charge is 0.462 e. The number of ether oxygens (including phenoxy) is 2. The van der Waals surface area contributed by atoms with E-state index in [0.717, 1.165) is 16.1 Å². The Balaban J connectivity index is 0.000000181. The number of nitriles is 3. The van der Waals surface area contributed by atoms with E-state index in [2.05, 4.69) is 22.1 Å². The molecular formula is C37H31N7O4S. The van der Waals surface area contributed by atoms with E-state index < -0.39 is 11.6 Å². The minimum atomic E-state index is -0.555. The van der Waals surface area contributed by atoms with E-state index in [0.29, 0.717) is 40.3 Å². The lowest BCUT2D eigenvalue weighted by Gasteiger charge is -2.18. The number of benzene rings is 2. The summed E-state index contributed by atoms with van der Waals surface area (Å²) in [6.45, 7) is 5.85. The summed E-state index contributed by atoms with van der Waals surface area (Å²) in [5, 5.41) is 26.1. The monoisotopic (exact) mass is 669 g/mol. The second-order valence-corrected chi connectivity index (χ2v) is 12.2. The van der Waals surface area contributed by atoms with Crippen LogP contribution in [-0.2, 0) is 19.1 Å². The van der Waals surface area contributed by atoms with E-state index in [-0.39, 0.29) is 5.97 Å². The number of esters is 2. The molecule has 0 bridgehead atoms. The van der Waals surface area contributed by atoms with Crippen molar-refractivity contribution < 1.29 is 19.1 Å². The molecule has 5 aromatic rings. The molecule has 1 fully saturated rings. The van der Waals surface area contributed by atoms with Gasteiger partial charge < -0.3 is 18.6 Å². The Labute approximate surface area is 287 Å². The first kappa shape index (κ1) is 35.3. The third kappa shape index (κ3) is 10.2. The van der Waals surface area contributed by atoms with E-state index in [9.17, 15) is 9.59 Å². The minimum absolute atomic E-state index is 0.293. The number of nitrogens with zero attached hydrogens (tertiary/aromatic N) is 7. The molecule has 11 nitrogen and oxygen atoms in total. The number of hydrogen-bond acceptors (Lipinski definition) is 10. The maximum Gasteiger partial charge on any atom is 0.336 e. The van der Waals surface area contributed by atoms with Gasteiger partial charge in [0.25, 0.3) is 0 Å². The van der Waals surface area contributed by atoms with Crippen molar-refractivity contribution in [3.8, 4) is 18.2 Å². The van der Waals surface area contributed by atoms with E-state index in [1.807, 2.05) is 57.2 Å². The van der Waals surface area contributed by atoms with Gasteiger partial charge in [-0.25, -0.2) is 19.6 Å². The zero-order valence-corrected chi connectivity index (χ0v) is 27.8. The average molecular weight is 670 g/mol. The highest BCUT2D eigenvalue weighted by Gasteiger charge is 2.25. The quantitative estimate of drug-likeness (QED) is 0.149. The third-order valence-electron chi connectivity index (χ3n) is 6.48. The highest BCUT2D eigenvalue weighted by Crippen LogP contribution is 2.28. The summed E-state index contributed by atoms with van der Waals surface area (Å²) in [6.07, 6.45) is 12.0. The van der Waals surface area contributed by atoms with E-state index in [1.165, 1.54) is 17.4 Å². The summed E-state index contributed by atoms with van der Waals surface area (Å²) in [6, 6.07) is 26.0. The van der Waals surface area contributed by atoms with Crippen LogP contribution >= 0.6 is 11.3 Å². The van der Waals surface area contributed by atoms with Crippen molar-refractivity contribution in [3.05, 3.63) is 142 Å². The fourth-order valence-electron chi connectivity index (χ4n) is 4.39. The van der Waals surface area contributed by atoms with Crippen LogP contribution in [0.2, 0.25) is 0 Å². The molecule has 0 amide bonds. The van der Waals surface area contributed by atoms with Crippen LogP contribution in [0.25, 0.3) is 11.4 Å². The van der Waals surface area contributed by atoms with Gasteiger partial charge in [0.2, 0.25) is 0 Å². The lowest BCUT2D eigenvalue weighted by Crippen LogP contribution is -2.23. The first-order valence-electron chi connectivity index (χ1n) is 14.9. The minimum Gasteiger partial charge on any atom is -0.462 e. The highest BCUT2D eigenvalue weighted by atomic mass is 32.1. The van der Waals surface area contributed by atoms with Crippen molar-refractivity contribution in [1.82, 2.24) is 19.1 Å². The van der Waals surface area contributed by atoms with Gasteiger partial charge in [0.05, 0.1) is 64.4 Å². The van der Waals surface area contributed by atoms with Crippen LogP contribution in [0.1, 0.15) is 53.6 Å². The summed E-state index contributed by atoms with van der Waals surface area (Å²) < 4.78 is 13.9. The number of carbonyl (C=O) groups is 2. The lowest BCUT2D eigenvalue weighted by atomic mass is 10.0. The van der Waals surface area contributed by atoms with Gasteiger partial charge in [-0.05, 0) is 62.7 Å². The molecular weight excluding hydrogens is 639 g/mol. The smallest absolute Gasteiger partial charge is 0.336 e. The van der Waals surface area contributed by atoms with Crippen LogP contribution in [0.5, 0.6) is 0 Å². The van der Waals surface area contributed by atoms with Crippen molar-refractivity contribution in [2.45, 2.75) is 32.8 Å². The van der Waals surface area contributed by atoms with Gasteiger partial charge in [0.15, 0.2) is 0 Å². The Morgan fingerprint density at radius 2 is 1.51 bits per heavy atom. The van der Waals surface area contributed by atoms with Crippen LogP contribution in [-0.4, -0.2) is 43.2 Å². The molecule has 0 atom stereocenters. The molecule has 12 heteroatoms. The summed E-state index contributed by atoms with van der Waals surface area (Å²) in [7, 11) is 0. The molecule has 1 aliphatic heterocycles. The van der Waals surface area contributed by atoms with E-state index in [1.54, 1.807) is 83.0 Å². The van der Waals surface area contributed by atoms with E-state index in [4.69, 9.17) is 25.3 Å². The van der Waals surface area contributed by atoms with Gasteiger partial charge in [-0.3, -0.25) is 0 Å². The summed E-state index contributed by atoms with van der Waals surface area (Å²) >= 11 is 1.31. The molecule has 1 aliphatic rings. The third-order valence-corrected chi connectivity index (χ3v) is 7.50. The van der Waals surface area contributed by atoms with Crippen molar-refractivity contribution in [2.24, 2.45) is 0 Å². The molecule has 0 radical (unpaired) electrons. The first-order chi connectivity index (χ1) is 23.6. The molecule has 0 unspecified atom stereocenters. The Hall–Kier alpha value is -6.55. The molecule has 244 valence electrons. The van der Waals surface area contributed by atoms with Crippen LogP contribution in [0.3, 0.4) is 0 Å². The van der Waals surface area contributed by atoms with Gasteiger partial charge in [0.1, 0.15) is 16.5 Å². The fraction of sp³-hybridized carbons (Fsp3) is 0.162. The fourth-order valence-corrected chi connectivity index (χ4v) is 5.21. The molecule has 0 N–H and O–H groups in total. The van der Waals surface area contributed by atoms with Gasteiger partial charge in [-0.2, -0.15) is 15.8 Å². The molecule has 6 rings (SSSR count). The Morgan fingerprint density at radius 3 is 2.00 bits per heavy atom. The highest BCUT2D eigenvalue weighted by molar-refractivity contribution is 7.13. The van der Waals surface area contributed by atoms with Crippen molar-refractivity contribution >= 4 is 34.7 Å².